The number of thioether (sulfide) groups is 1. The summed E-state index contributed by atoms with van der Waals surface area (Å²) in [5.74, 6) is 0.316. The Labute approximate surface area is 189 Å². The number of carbonyl (C=O) groups excluding carboxylic acids is 4. The lowest BCUT2D eigenvalue weighted by Gasteiger charge is -2.13. The fraction of sp³-hybridized carbons (Fsp3) is 0.217. The molecule has 32 heavy (non-hydrogen) atoms. The van der Waals surface area contributed by atoms with E-state index in [-0.39, 0.29) is 36.6 Å². The quantitative estimate of drug-likeness (QED) is 0.459. The van der Waals surface area contributed by atoms with E-state index < -0.39 is 5.91 Å². The Morgan fingerprint density at radius 3 is 2.31 bits per heavy atom. The maximum Gasteiger partial charge on any atom is 0.293 e. The van der Waals surface area contributed by atoms with E-state index in [0.29, 0.717) is 22.0 Å². The van der Waals surface area contributed by atoms with Crippen molar-refractivity contribution in [3.63, 3.8) is 0 Å². The Balaban J connectivity index is 1.46. The molecule has 0 unspecified atom stereocenters. The van der Waals surface area contributed by atoms with Gasteiger partial charge in [0, 0.05) is 18.7 Å². The highest BCUT2D eigenvalue weighted by atomic mass is 32.2. The highest BCUT2D eigenvalue weighted by Crippen LogP contribution is 2.32. The van der Waals surface area contributed by atoms with Crippen LogP contribution < -0.4 is 14.8 Å². The number of rotatable bonds is 9. The van der Waals surface area contributed by atoms with Crippen LogP contribution in [0.2, 0.25) is 0 Å². The molecular formula is C23H22N2O6S. The van der Waals surface area contributed by atoms with Crippen LogP contribution in [0.3, 0.4) is 0 Å². The van der Waals surface area contributed by atoms with Gasteiger partial charge < -0.3 is 14.8 Å². The average Bonchev–Trinajstić information content (AvgIpc) is 3.05. The summed E-state index contributed by atoms with van der Waals surface area (Å²) in [7, 11) is 1.57. The van der Waals surface area contributed by atoms with Gasteiger partial charge in [-0.15, -0.1) is 0 Å². The smallest absolute Gasteiger partial charge is 0.293 e. The van der Waals surface area contributed by atoms with E-state index >= 15 is 0 Å². The molecule has 1 saturated heterocycles. The molecule has 1 heterocycles. The van der Waals surface area contributed by atoms with Crippen LogP contribution in [0.25, 0.3) is 6.08 Å². The summed E-state index contributed by atoms with van der Waals surface area (Å²) in [6, 6.07) is 13.6. The van der Waals surface area contributed by atoms with Crippen molar-refractivity contribution in [2.45, 2.75) is 6.92 Å². The van der Waals surface area contributed by atoms with Gasteiger partial charge in [0.1, 0.15) is 11.5 Å². The minimum absolute atomic E-state index is 0.0551. The number of ketones is 1. The van der Waals surface area contributed by atoms with Crippen LogP contribution in [-0.2, 0) is 9.59 Å². The minimum Gasteiger partial charge on any atom is -0.497 e. The molecule has 0 radical (unpaired) electrons. The van der Waals surface area contributed by atoms with Crippen LogP contribution in [0.1, 0.15) is 22.8 Å². The molecule has 3 amide bonds. The monoisotopic (exact) mass is 454 g/mol. The number of hydrogen-bond donors (Lipinski definition) is 1. The average molecular weight is 455 g/mol. The lowest BCUT2D eigenvalue weighted by atomic mass is 10.1. The fourth-order valence-electron chi connectivity index (χ4n) is 2.84. The van der Waals surface area contributed by atoms with Crippen molar-refractivity contribution >= 4 is 40.7 Å². The first-order valence-electron chi connectivity index (χ1n) is 9.77. The van der Waals surface area contributed by atoms with E-state index in [2.05, 4.69) is 5.32 Å². The first kappa shape index (κ1) is 23.1. The Bertz CT molecular complexity index is 1050. The van der Waals surface area contributed by atoms with Crippen LogP contribution in [0.5, 0.6) is 11.5 Å². The van der Waals surface area contributed by atoms with E-state index in [0.717, 1.165) is 22.2 Å². The lowest BCUT2D eigenvalue weighted by Crippen LogP contribution is -2.38. The van der Waals surface area contributed by atoms with Crippen LogP contribution in [0, 0.1) is 0 Å². The Morgan fingerprint density at radius 1 is 1.03 bits per heavy atom. The molecule has 2 aromatic rings. The summed E-state index contributed by atoms with van der Waals surface area (Å²) in [5.41, 5.74) is 1.33. The standard InChI is InChI=1S/C23H22N2O6S/c1-15(26)17-5-9-19(10-6-17)31-14-21(27)24-11-12-25-22(28)20(32-23(25)29)13-16-3-7-18(30-2)8-4-16/h3-10,13H,11-12,14H2,1-2H3,(H,24,27)/b20-13+. The molecule has 3 rings (SSSR count). The van der Waals surface area contributed by atoms with Crippen molar-refractivity contribution in [1.82, 2.24) is 10.2 Å². The summed E-state index contributed by atoms with van der Waals surface area (Å²) >= 11 is 0.862. The van der Waals surface area contributed by atoms with Gasteiger partial charge in [-0.25, -0.2) is 0 Å². The van der Waals surface area contributed by atoms with Gasteiger partial charge >= 0.3 is 0 Å². The number of hydrogen-bond acceptors (Lipinski definition) is 7. The normalized spacial score (nSPS) is 14.6. The summed E-state index contributed by atoms with van der Waals surface area (Å²) in [6.45, 7) is 1.41. The van der Waals surface area contributed by atoms with E-state index in [1.54, 1.807) is 61.7 Å². The van der Waals surface area contributed by atoms with Crippen LogP contribution >= 0.6 is 11.8 Å². The Hall–Kier alpha value is -3.59. The second kappa shape index (κ2) is 10.6. The maximum atomic E-state index is 12.5. The molecular weight excluding hydrogens is 432 g/mol. The van der Waals surface area contributed by atoms with Gasteiger partial charge in [-0.2, -0.15) is 0 Å². The van der Waals surface area contributed by atoms with Crippen molar-refractivity contribution in [2.75, 3.05) is 26.8 Å². The molecule has 1 fully saturated rings. The van der Waals surface area contributed by atoms with Gasteiger partial charge in [-0.1, -0.05) is 12.1 Å². The van der Waals surface area contributed by atoms with E-state index in [9.17, 15) is 19.2 Å². The number of benzene rings is 2. The predicted molar refractivity (Wildman–Crippen MR) is 121 cm³/mol. The van der Waals surface area contributed by atoms with E-state index in [1.807, 2.05) is 0 Å². The third-order valence-corrected chi connectivity index (χ3v) is 5.48. The van der Waals surface area contributed by atoms with Crippen LogP contribution in [0.15, 0.2) is 53.4 Å². The third kappa shape index (κ3) is 5.98. The van der Waals surface area contributed by atoms with Gasteiger partial charge in [0.15, 0.2) is 12.4 Å². The first-order valence-corrected chi connectivity index (χ1v) is 10.6. The molecule has 0 aliphatic carbocycles. The molecule has 1 N–H and O–H groups in total. The predicted octanol–water partition coefficient (Wildman–Crippen LogP) is 3.13. The van der Waals surface area contributed by atoms with Crippen LogP contribution in [0.4, 0.5) is 4.79 Å². The topological polar surface area (TPSA) is 102 Å². The van der Waals surface area contributed by atoms with Gasteiger partial charge in [-0.05, 0) is 66.7 Å². The van der Waals surface area contributed by atoms with Gasteiger partial charge in [0.05, 0.1) is 12.0 Å². The largest absolute Gasteiger partial charge is 0.497 e. The molecule has 0 aromatic heterocycles. The molecule has 1 aliphatic heterocycles. The highest BCUT2D eigenvalue weighted by Gasteiger charge is 2.34. The summed E-state index contributed by atoms with van der Waals surface area (Å²) < 4.78 is 10.5. The number of nitrogens with zero attached hydrogens (tertiary/aromatic N) is 1. The fourth-order valence-corrected chi connectivity index (χ4v) is 3.70. The first-order chi connectivity index (χ1) is 15.4. The number of carbonyl (C=O) groups is 4. The van der Waals surface area contributed by atoms with E-state index in [1.165, 1.54) is 6.92 Å². The second-order valence-corrected chi connectivity index (χ2v) is 7.82. The summed E-state index contributed by atoms with van der Waals surface area (Å²) in [4.78, 5) is 49.4. The molecule has 2 aromatic carbocycles. The van der Waals surface area contributed by atoms with Crippen molar-refractivity contribution < 1.29 is 28.7 Å². The molecule has 0 spiro atoms. The number of imide groups is 1. The zero-order valence-corrected chi connectivity index (χ0v) is 18.4. The van der Waals surface area contributed by atoms with Gasteiger partial charge in [-0.3, -0.25) is 24.1 Å². The number of amides is 3. The Morgan fingerprint density at radius 2 is 1.69 bits per heavy atom. The lowest BCUT2D eigenvalue weighted by molar-refractivity contribution is -0.125. The number of ether oxygens (including phenoxy) is 2. The molecule has 1 aliphatic rings. The van der Waals surface area contributed by atoms with Crippen molar-refractivity contribution in [2.24, 2.45) is 0 Å². The number of Topliss-reactive ketones (excluding diaryl/α,β-unsaturated/α-hetero) is 1. The molecule has 0 saturated carbocycles. The zero-order chi connectivity index (χ0) is 23.1. The van der Waals surface area contributed by atoms with E-state index in [4.69, 9.17) is 9.47 Å². The molecule has 9 heteroatoms. The van der Waals surface area contributed by atoms with Crippen LogP contribution in [-0.4, -0.2) is 54.5 Å². The summed E-state index contributed by atoms with van der Waals surface area (Å²) in [6.07, 6.45) is 1.65. The van der Waals surface area contributed by atoms with Crippen molar-refractivity contribution in [1.29, 1.82) is 0 Å². The molecule has 8 nitrogen and oxygen atoms in total. The molecule has 0 bridgehead atoms. The SMILES string of the molecule is COc1ccc(/C=C2/SC(=O)N(CCNC(=O)COc3ccc(C(C)=O)cc3)C2=O)cc1. The van der Waals surface area contributed by atoms with Gasteiger partial charge in [0.2, 0.25) is 0 Å². The van der Waals surface area contributed by atoms with Crippen molar-refractivity contribution in [3.05, 3.63) is 64.6 Å². The highest BCUT2D eigenvalue weighted by molar-refractivity contribution is 8.18. The third-order valence-electron chi connectivity index (χ3n) is 4.58. The van der Waals surface area contributed by atoms with Gasteiger partial charge in [0.25, 0.3) is 17.1 Å². The molecule has 166 valence electrons. The number of methoxy groups -OCH3 is 1. The summed E-state index contributed by atoms with van der Waals surface area (Å²) in [5, 5.41) is 2.24. The Kier molecular flexibility index (Phi) is 7.67. The number of nitrogens with one attached hydrogen (secondary N) is 1. The minimum atomic E-state index is -0.396. The second-order valence-electron chi connectivity index (χ2n) is 6.83. The maximum absolute atomic E-state index is 12.5. The zero-order valence-electron chi connectivity index (χ0n) is 17.6. The molecule has 0 atom stereocenters. The van der Waals surface area contributed by atoms with Crippen molar-refractivity contribution in [3.8, 4) is 11.5 Å².